The first kappa shape index (κ1) is 12.8. The lowest BCUT2D eigenvalue weighted by molar-refractivity contribution is 0.569. The molecule has 0 amide bonds. The summed E-state index contributed by atoms with van der Waals surface area (Å²) in [5.74, 6) is 1.86. The quantitative estimate of drug-likeness (QED) is 0.879. The summed E-state index contributed by atoms with van der Waals surface area (Å²) in [6.45, 7) is 7.34. The Balaban J connectivity index is 2.13. The number of hydrogen-bond acceptors (Lipinski definition) is 3. The van der Waals surface area contributed by atoms with E-state index in [4.69, 9.17) is 0 Å². The summed E-state index contributed by atoms with van der Waals surface area (Å²) < 4.78 is 1.98. The van der Waals surface area contributed by atoms with Crippen LogP contribution in [0, 0.1) is 6.92 Å². The molecule has 4 heteroatoms. The predicted molar refractivity (Wildman–Crippen MR) is 72.8 cm³/mol. The van der Waals surface area contributed by atoms with Crippen molar-refractivity contribution in [1.29, 1.82) is 0 Å². The van der Waals surface area contributed by atoms with E-state index in [-0.39, 0.29) is 0 Å². The minimum atomic E-state index is 0.343. The van der Waals surface area contributed by atoms with Crippen LogP contribution in [0.25, 0.3) is 5.82 Å². The van der Waals surface area contributed by atoms with Gasteiger partial charge in [0.25, 0.3) is 0 Å². The van der Waals surface area contributed by atoms with Crippen LogP contribution in [0.2, 0.25) is 0 Å². The van der Waals surface area contributed by atoms with Crippen molar-refractivity contribution in [2.75, 3.05) is 6.54 Å². The van der Waals surface area contributed by atoms with E-state index >= 15 is 0 Å². The third kappa shape index (κ3) is 2.76. The lowest BCUT2D eigenvalue weighted by Crippen LogP contribution is -2.19. The molecule has 0 saturated carbocycles. The molecule has 0 aliphatic carbocycles. The monoisotopic (exact) mass is 244 g/mol. The summed E-state index contributed by atoms with van der Waals surface area (Å²) in [4.78, 5) is 8.70. The molecule has 18 heavy (non-hydrogen) atoms. The first-order valence-electron chi connectivity index (χ1n) is 6.42. The van der Waals surface area contributed by atoms with Gasteiger partial charge in [0.2, 0.25) is 0 Å². The number of pyridine rings is 1. The highest BCUT2D eigenvalue weighted by atomic mass is 15.1. The van der Waals surface area contributed by atoms with E-state index in [0.29, 0.717) is 6.04 Å². The van der Waals surface area contributed by atoms with Crippen molar-refractivity contribution in [2.45, 2.75) is 33.2 Å². The SMILES string of the molecule is CCCNC(C)c1ccc(-n2ccnc2C)nc1. The number of nitrogens with zero attached hydrogens (tertiary/aromatic N) is 3. The molecule has 1 unspecified atom stereocenters. The minimum Gasteiger partial charge on any atom is -0.310 e. The number of nitrogens with one attached hydrogen (secondary N) is 1. The van der Waals surface area contributed by atoms with Gasteiger partial charge < -0.3 is 5.32 Å². The molecular weight excluding hydrogens is 224 g/mol. The highest BCUT2D eigenvalue weighted by Gasteiger charge is 2.06. The van der Waals surface area contributed by atoms with Crippen LogP contribution in [-0.2, 0) is 0 Å². The number of aryl methyl sites for hydroxylation is 1. The van der Waals surface area contributed by atoms with Crippen molar-refractivity contribution in [3.63, 3.8) is 0 Å². The molecule has 4 nitrogen and oxygen atoms in total. The maximum absolute atomic E-state index is 4.49. The van der Waals surface area contributed by atoms with Gasteiger partial charge >= 0.3 is 0 Å². The van der Waals surface area contributed by atoms with E-state index < -0.39 is 0 Å². The minimum absolute atomic E-state index is 0.343. The van der Waals surface area contributed by atoms with Crippen molar-refractivity contribution in [1.82, 2.24) is 19.9 Å². The van der Waals surface area contributed by atoms with Crippen molar-refractivity contribution >= 4 is 0 Å². The molecule has 2 aromatic heterocycles. The molecule has 0 bridgehead atoms. The van der Waals surface area contributed by atoms with E-state index in [1.165, 1.54) is 5.56 Å². The second-order valence-corrected chi connectivity index (χ2v) is 4.47. The summed E-state index contributed by atoms with van der Waals surface area (Å²) in [5.41, 5.74) is 1.21. The molecule has 2 rings (SSSR count). The summed E-state index contributed by atoms with van der Waals surface area (Å²) in [6.07, 6.45) is 6.79. The van der Waals surface area contributed by atoms with Gasteiger partial charge in [-0.3, -0.25) is 4.57 Å². The fourth-order valence-electron chi connectivity index (χ4n) is 1.89. The van der Waals surface area contributed by atoms with Crippen molar-refractivity contribution < 1.29 is 0 Å². The number of hydrogen-bond donors (Lipinski definition) is 1. The van der Waals surface area contributed by atoms with Gasteiger partial charge in [0.05, 0.1) is 0 Å². The zero-order chi connectivity index (χ0) is 13.0. The van der Waals surface area contributed by atoms with E-state index in [1.807, 2.05) is 30.0 Å². The summed E-state index contributed by atoms with van der Waals surface area (Å²) in [5, 5.41) is 3.46. The zero-order valence-electron chi connectivity index (χ0n) is 11.2. The van der Waals surface area contributed by atoms with Crippen LogP contribution >= 0.6 is 0 Å². The molecule has 0 aliphatic heterocycles. The molecule has 0 saturated heterocycles. The molecular formula is C14H20N4. The highest BCUT2D eigenvalue weighted by Crippen LogP contribution is 2.13. The Morgan fingerprint density at radius 2 is 2.17 bits per heavy atom. The predicted octanol–water partition coefficient (Wildman–Crippen LogP) is 2.64. The lowest BCUT2D eigenvalue weighted by atomic mass is 10.1. The number of aromatic nitrogens is 3. The Morgan fingerprint density at radius 1 is 1.33 bits per heavy atom. The lowest BCUT2D eigenvalue weighted by Gasteiger charge is -2.13. The van der Waals surface area contributed by atoms with Crippen LogP contribution in [0.5, 0.6) is 0 Å². The second kappa shape index (κ2) is 5.78. The van der Waals surface area contributed by atoms with Crippen molar-refractivity contribution in [3.8, 4) is 5.82 Å². The normalized spacial score (nSPS) is 12.6. The van der Waals surface area contributed by atoms with Gasteiger partial charge in [-0.25, -0.2) is 9.97 Å². The Morgan fingerprint density at radius 3 is 2.72 bits per heavy atom. The van der Waals surface area contributed by atoms with Gasteiger partial charge in [-0.2, -0.15) is 0 Å². The molecule has 2 aromatic rings. The molecule has 0 aliphatic rings. The first-order chi connectivity index (χ1) is 8.72. The summed E-state index contributed by atoms with van der Waals surface area (Å²) in [6, 6.07) is 4.50. The average molecular weight is 244 g/mol. The maximum atomic E-state index is 4.49. The van der Waals surface area contributed by atoms with Crippen molar-refractivity contribution in [3.05, 3.63) is 42.1 Å². The van der Waals surface area contributed by atoms with Crippen LogP contribution in [0.3, 0.4) is 0 Å². The Hall–Kier alpha value is -1.68. The van der Waals surface area contributed by atoms with E-state index in [2.05, 4.69) is 35.2 Å². The summed E-state index contributed by atoms with van der Waals surface area (Å²) in [7, 11) is 0. The second-order valence-electron chi connectivity index (χ2n) is 4.47. The van der Waals surface area contributed by atoms with Gasteiger partial charge in [0, 0.05) is 24.6 Å². The Labute approximate surface area is 108 Å². The first-order valence-corrected chi connectivity index (χ1v) is 6.42. The highest BCUT2D eigenvalue weighted by molar-refractivity contribution is 5.28. The smallest absolute Gasteiger partial charge is 0.137 e. The van der Waals surface area contributed by atoms with Crippen LogP contribution in [0.15, 0.2) is 30.7 Å². The van der Waals surface area contributed by atoms with Crippen LogP contribution < -0.4 is 5.32 Å². The largest absolute Gasteiger partial charge is 0.310 e. The zero-order valence-corrected chi connectivity index (χ0v) is 11.2. The fourth-order valence-corrected chi connectivity index (χ4v) is 1.89. The molecule has 1 N–H and O–H groups in total. The van der Waals surface area contributed by atoms with Gasteiger partial charge in [-0.05, 0) is 38.4 Å². The van der Waals surface area contributed by atoms with Crippen molar-refractivity contribution in [2.24, 2.45) is 0 Å². The van der Waals surface area contributed by atoms with Gasteiger partial charge in [-0.1, -0.05) is 13.0 Å². The molecule has 0 radical (unpaired) electrons. The Kier molecular flexibility index (Phi) is 4.10. The molecule has 0 spiro atoms. The van der Waals surface area contributed by atoms with Crippen LogP contribution in [0.4, 0.5) is 0 Å². The third-order valence-corrected chi connectivity index (χ3v) is 3.04. The molecule has 0 fully saturated rings. The molecule has 1 atom stereocenters. The van der Waals surface area contributed by atoms with Crippen LogP contribution in [0.1, 0.15) is 37.7 Å². The van der Waals surface area contributed by atoms with Gasteiger partial charge in [0.15, 0.2) is 0 Å². The third-order valence-electron chi connectivity index (χ3n) is 3.04. The Bertz CT molecular complexity index is 487. The van der Waals surface area contributed by atoms with E-state index in [9.17, 15) is 0 Å². The fraction of sp³-hybridized carbons (Fsp3) is 0.429. The van der Waals surface area contributed by atoms with E-state index in [1.54, 1.807) is 6.20 Å². The molecule has 0 aromatic carbocycles. The van der Waals surface area contributed by atoms with Gasteiger partial charge in [0.1, 0.15) is 11.6 Å². The molecule has 96 valence electrons. The standard InChI is InChI=1S/C14H20N4/c1-4-7-15-11(2)13-5-6-14(17-10-13)18-9-8-16-12(18)3/h5-6,8-11,15H,4,7H2,1-3H3. The average Bonchev–Trinajstić information content (AvgIpc) is 2.82. The summed E-state index contributed by atoms with van der Waals surface area (Å²) >= 11 is 0. The molecule has 2 heterocycles. The van der Waals surface area contributed by atoms with Gasteiger partial charge in [-0.15, -0.1) is 0 Å². The van der Waals surface area contributed by atoms with E-state index in [0.717, 1.165) is 24.6 Å². The topological polar surface area (TPSA) is 42.7 Å². The number of imidazole rings is 1. The number of rotatable bonds is 5. The van der Waals surface area contributed by atoms with Crippen LogP contribution in [-0.4, -0.2) is 21.1 Å². The maximum Gasteiger partial charge on any atom is 0.137 e.